The molecular formula is C16H20N2O4S. The lowest BCUT2D eigenvalue weighted by Crippen LogP contribution is -2.24. The Hall–Kier alpha value is -1.99. The second-order valence-electron chi connectivity index (χ2n) is 5.51. The fraction of sp³-hybridized carbons (Fsp3) is 0.375. The van der Waals surface area contributed by atoms with Gasteiger partial charge in [-0.1, -0.05) is 0 Å². The third-order valence-corrected chi connectivity index (χ3v) is 5.35. The maximum absolute atomic E-state index is 12.5. The number of benzene rings is 1. The largest absolute Gasteiger partial charge is 0.490 e. The highest BCUT2D eigenvalue weighted by Crippen LogP contribution is 2.31. The topological polar surface area (TPSA) is 69.6 Å². The van der Waals surface area contributed by atoms with Crippen LogP contribution in [0.15, 0.2) is 35.2 Å². The molecule has 0 saturated carbocycles. The van der Waals surface area contributed by atoms with Crippen molar-refractivity contribution in [3.63, 3.8) is 0 Å². The van der Waals surface area contributed by atoms with Gasteiger partial charge >= 0.3 is 0 Å². The van der Waals surface area contributed by atoms with Crippen molar-refractivity contribution in [1.29, 1.82) is 0 Å². The minimum absolute atomic E-state index is 0.174. The number of sulfonamides is 1. The Morgan fingerprint density at radius 1 is 1.13 bits per heavy atom. The predicted octanol–water partition coefficient (Wildman–Crippen LogP) is 1.97. The first-order chi connectivity index (χ1) is 11.0. The molecule has 3 rings (SSSR count). The lowest BCUT2D eigenvalue weighted by molar-refractivity contribution is 0.297. The fourth-order valence-electron chi connectivity index (χ4n) is 2.41. The number of fused-ring (bicyclic) bond motifs is 1. The van der Waals surface area contributed by atoms with E-state index in [0.717, 1.165) is 17.8 Å². The first-order valence-electron chi connectivity index (χ1n) is 7.48. The van der Waals surface area contributed by atoms with Crippen LogP contribution in [0.4, 0.5) is 0 Å². The first-order valence-corrected chi connectivity index (χ1v) is 8.96. The third kappa shape index (κ3) is 3.35. The summed E-state index contributed by atoms with van der Waals surface area (Å²) >= 11 is 0. The summed E-state index contributed by atoms with van der Waals surface area (Å²) in [6.07, 6.45) is 0.780. The van der Waals surface area contributed by atoms with E-state index in [2.05, 4.69) is 4.72 Å². The summed E-state index contributed by atoms with van der Waals surface area (Å²) in [5.74, 6) is 1.06. The van der Waals surface area contributed by atoms with Crippen molar-refractivity contribution < 1.29 is 17.9 Å². The average Bonchev–Trinajstić information content (AvgIpc) is 2.74. The number of ether oxygens (including phenoxy) is 2. The van der Waals surface area contributed by atoms with Gasteiger partial charge in [-0.3, -0.25) is 0 Å². The second-order valence-corrected chi connectivity index (χ2v) is 7.28. The number of nitrogens with zero attached hydrogens (tertiary/aromatic N) is 1. The van der Waals surface area contributed by atoms with Gasteiger partial charge in [0.2, 0.25) is 10.0 Å². The molecule has 0 atom stereocenters. The van der Waals surface area contributed by atoms with Crippen LogP contribution >= 0.6 is 0 Å². The lowest BCUT2D eigenvalue weighted by atomic mass is 10.3. The number of nitrogens with one attached hydrogen (secondary N) is 1. The Morgan fingerprint density at radius 3 is 2.57 bits per heavy atom. The molecule has 1 aliphatic heterocycles. The highest BCUT2D eigenvalue weighted by Gasteiger charge is 2.19. The fourth-order valence-corrected chi connectivity index (χ4v) is 3.42. The minimum Gasteiger partial charge on any atom is -0.490 e. The van der Waals surface area contributed by atoms with Crippen LogP contribution in [0, 0.1) is 6.92 Å². The number of aromatic nitrogens is 1. The van der Waals surface area contributed by atoms with E-state index in [4.69, 9.17) is 9.47 Å². The summed E-state index contributed by atoms with van der Waals surface area (Å²) < 4.78 is 40.6. The van der Waals surface area contributed by atoms with Crippen molar-refractivity contribution in [1.82, 2.24) is 9.29 Å². The van der Waals surface area contributed by atoms with Gasteiger partial charge in [0.15, 0.2) is 11.5 Å². The van der Waals surface area contributed by atoms with Crippen molar-refractivity contribution in [2.75, 3.05) is 13.2 Å². The molecule has 0 unspecified atom stereocenters. The van der Waals surface area contributed by atoms with Crippen LogP contribution in [0.25, 0.3) is 0 Å². The molecular weight excluding hydrogens is 316 g/mol. The van der Waals surface area contributed by atoms with Gasteiger partial charge in [-0.2, -0.15) is 0 Å². The quantitative estimate of drug-likeness (QED) is 0.927. The molecule has 0 bridgehead atoms. The van der Waals surface area contributed by atoms with E-state index < -0.39 is 10.0 Å². The van der Waals surface area contributed by atoms with Gasteiger partial charge in [0.1, 0.15) is 0 Å². The lowest BCUT2D eigenvalue weighted by Gasteiger charge is -2.11. The number of rotatable bonds is 4. The van der Waals surface area contributed by atoms with Crippen molar-refractivity contribution in [3.05, 3.63) is 41.7 Å². The van der Waals surface area contributed by atoms with E-state index in [0.29, 0.717) is 24.7 Å². The summed E-state index contributed by atoms with van der Waals surface area (Å²) in [6, 6.07) is 8.55. The number of aryl methyl sites for hydroxylation is 1. The van der Waals surface area contributed by atoms with Gasteiger partial charge in [-0.05, 0) is 31.2 Å². The van der Waals surface area contributed by atoms with E-state index in [1.54, 1.807) is 6.07 Å². The Kier molecular flexibility index (Phi) is 4.32. The second kappa shape index (κ2) is 6.25. The van der Waals surface area contributed by atoms with E-state index in [1.165, 1.54) is 12.1 Å². The molecule has 0 saturated heterocycles. The van der Waals surface area contributed by atoms with Gasteiger partial charge in [-0.25, -0.2) is 13.1 Å². The van der Waals surface area contributed by atoms with Crippen LogP contribution in [-0.4, -0.2) is 26.2 Å². The van der Waals surface area contributed by atoms with Gasteiger partial charge in [0.05, 0.1) is 24.7 Å². The van der Waals surface area contributed by atoms with Crippen molar-refractivity contribution in [2.24, 2.45) is 7.05 Å². The van der Waals surface area contributed by atoms with Crippen LogP contribution in [0.5, 0.6) is 11.5 Å². The van der Waals surface area contributed by atoms with E-state index >= 15 is 0 Å². The molecule has 0 amide bonds. The number of hydrogen-bond acceptors (Lipinski definition) is 4. The Bertz CT molecular complexity index is 811. The molecule has 7 heteroatoms. The van der Waals surface area contributed by atoms with E-state index in [-0.39, 0.29) is 11.4 Å². The SMILES string of the molecule is Cc1ccc(CNS(=O)(=O)c2ccc3c(c2)OCCCO3)n1C. The molecule has 0 fully saturated rings. The van der Waals surface area contributed by atoms with E-state index in [9.17, 15) is 8.42 Å². The van der Waals surface area contributed by atoms with Crippen LogP contribution < -0.4 is 14.2 Å². The molecule has 6 nitrogen and oxygen atoms in total. The zero-order valence-electron chi connectivity index (χ0n) is 13.2. The highest BCUT2D eigenvalue weighted by molar-refractivity contribution is 7.89. The maximum Gasteiger partial charge on any atom is 0.241 e. The number of hydrogen-bond donors (Lipinski definition) is 1. The molecule has 23 heavy (non-hydrogen) atoms. The van der Waals surface area contributed by atoms with Gasteiger partial charge < -0.3 is 14.0 Å². The standard InChI is InChI=1S/C16H20N2O4S/c1-12-4-5-13(18(12)2)11-17-23(19,20)14-6-7-15-16(10-14)22-9-3-8-21-15/h4-7,10,17H,3,8-9,11H2,1-2H3. The van der Waals surface area contributed by atoms with Crippen LogP contribution in [0.2, 0.25) is 0 Å². The van der Waals surface area contributed by atoms with Gasteiger partial charge in [0, 0.05) is 30.9 Å². The van der Waals surface area contributed by atoms with Crippen LogP contribution in [0.1, 0.15) is 17.8 Å². The third-order valence-electron chi connectivity index (χ3n) is 3.95. The summed E-state index contributed by atoms with van der Waals surface area (Å²) in [7, 11) is -1.70. The molecule has 1 aromatic carbocycles. The molecule has 2 aromatic rings. The Balaban J connectivity index is 1.79. The zero-order chi connectivity index (χ0) is 16.4. The molecule has 1 aliphatic rings. The summed E-state index contributed by atoms with van der Waals surface area (Å²) in [5, 5.41) is 0. The normalized spacial score (nSPS) is 14.5. The molecule has 124 valence electrons. The smallest absolute Gasteiger partial charge is 0.241 e. The summed E-state index contributed by atoms with van der Waals surface area (Å²) in [5.41, 5.74) is 1.98. The molecule has 1 aromatic heterocycles. The first kappa shape index (κ1) is 15.9. The van der Waals surface area contributed by atoms with Crippen molar-refractivity contribution >= 4 is 10.0 Å². The highest BCUT2D eigenvalue weighted by atomic mass is 32.2. The minimum atomic E-state index is -3.61. The Labute approximate surface area is 136 Å². The molecule has 2 heterocycles. The molecule has 0 spiro atoms. The predicted molar refractivity (Wildman–Crippen MR) is 86.2 cm³/mol. The van der Waals surface area contributed by atoms with Crippen molar-refractivity contribution in [2.45, 2.75) is 24.8 Å². The molecule has 1 N–H and O–H groups in total. The molecule has 0 radical (unpaired) electrons. The van der Waals surface area contributed by atoms with Crippen molar-refractivity contribution in [3.8, 4) is 11.5 Å². The van der Waals surface area contributed by atoms with Crippen LogP contribution in [-0.2, 0) is 23.6 Å². The zero-order valence-corrected chi connectivity index (χ0v) is 14.0. The molecule has 0 aliphatic carbocycles. The van der Waals surface area contributed by atoms with Gasteiger partial charge in [0.25, 0.3) is 0 Å². The average molecular weight is 336 g/mol. The monoisotopic (exact) mass is 336 g/mol. The van der Waals surface area contributed by atoms with Gasteiger partial charge in [-0.15, -0.1) is 0 Å². The maximum atomic E-state index is 12.5. The summed E-state index contributed by atoms with van der Waals surface area (Å²) in [6.45, 7) is 3.31. The van der Waals surface area contributed by atoms with Crippen LogP contribution in [0.3, 0.4) is 0 Å². The van der Waals surface area contributed by atoms with E-state index in [1.807, 2.05) is 30.7 Å². The summed E-state index contributed by atoms with van der Waals surface area (Å²) in [4.78, 5) is 0.174. The Morgan fingerprint density at radius 2 is 1.87 bits per heavy atom.